The third-order valence-electron chi connectivity index (χ3n) is 3.27. The molecule has 1 aliphatic heterocycles. The third-order valence-corrected chi connectivity index (χ3v) is 4.07. The van der Waals surface area contributed by atoms with Crippen molar-refractivity contribution in [1.29, 1.82) is 0 Å². The van der Waals surface area contributed by atoms with Gasteiger partial charge in [0.05, 0.1) is 5.69 Å². The SMILES string of the molecule is CC(c1ccc[nH]1)N1CCc2n[c]sc2C1. The number of H-pyrrole nitrogens is 1. The van der Waals surface area contributed by atoms with Gasteiger partial charge in [0.25, 0.3) is 0 Å². The average Bonchev–Trinajstić information content (AvgIpc) is 2.98. The van der Waals surface area contributed by atoms with Gasteiger partial charge in [-0.25, -0.2) is 4.98 Å². The van der Waals surface area contributed by atoms with Gasteiger partial charge in [0, 0.05) is 42.3 Å². The zero-order valence-corrected chi connectivity index (χ0v) is 10.0. The fourth-order valence-corrected chi connectivity index (χ4v) is 2.98. The van der Waals surface area contributed by atoms with E-state index in [9.17, 15) is 0 Å². The van der Waals surface area contributed by atoms with E-state index in [4.69, 9.17) is 0 Å². The van der Waals surface area contributed by atoms with Crippen molar-refractivity contribution in [2.24, 2.45) is 0 Å². The normalized spacial score (nSPS) is 18.3. The van der Waals surface area contributed by atoms with E-state index in [2.05, 4.69) is 39.4 Å². The highest BCUT2D eigenvalue weighted by Gasteiger charge is 2.23. The van der Waals surface area contributed by atoms with Crippen LogP contribution in [0.2, 0.25) is 0 Å². The van der Waals surface area contributed by atoms with Crippen molar-refractivity contribution in [1.82, 2.24) is 14.9 Å². The fraction of sp³-hybridized carbons (Fsp3) is 0.417. The lowest BCUT2D eigenvalue weighted by Gasteiger charge is -2.31. The quantitative estimate of drug-likeness (QED) is 0.862. The van der Waals surface area contributed by atoms with E-state index in [1.54, 1.807) is 11.3 Å². The summed E-state index contributed by atoms with van der Waals surface area (Å²) >= 11 is 1.66. The molecule has 0 amide bonds. The van der Waals surface area contributed by atoms with Crippen molar-refractivity contribution >= 4 is 11.3 Å². The molecule has 2 aromatic rings. The van der Waals surface area contributed by atoms with Gasteiger partial charge in [-0.3, -0.25) is 4.90 Å². The van der Waals surface area contributed by atoms with Crippen LogP contribution in [0.1, 0.15) is 29.2 Å². The molecule has 3 rings (SSSR count). The number of nitrogens with zero attached hydrogens (tertiary/aromatic N) is 2. The molecule has 0 fully saturated rings. The van der Waals surface area contributed by atoms with Gasteiger partial charge in [-0.15, -0.1) is 11.3 Å². The molecular weight excluding hydrogens is 218 g/mol. The lowest BCUT2D eigenvalue weighted by Crippen LogP contribution is -2.32. The Morgan fingerprint density at radius 1 is 1.62 bits per heavy atom. The highest BCUT2D eigenvalue weighted by molar-refractivity contribution is 7.09. The largest absolute Gasteiger partial charge is 0.364 e. The van der Waals surface area contributed by atoms with Gasteiger partial charge in [-0.2, -0.15) is 0 Å². The van der Waals surface area contributed by atoms with Crippen LogP contribution in [-0.4, -0.2) is 21.4 Å². The molecule has 83 valence electrons. The number of hydrogen-bond acceptors (Lipinski definition) is 3. The first-order chi connectivity index (χ1) is 7.84. The van der Waals surface area contributed by atoms with Gasteiger partial charge >= 0.3 is 0 Å². The highest BCUT2D eigenvalue weighted by Crippen LogP contribution is 2.27. The Bertz CT molecular complexity index is 460. The van der Waals surface area contributed by atoms with Crippen molar-refractivity contribution in [2.45, 2.75) is 25.9 Å². The molecule has 1 N–H and O–H groups in total. The molecule has 0 bridgehead atoms. The summed E-state index contributed by atoms with van der Waals surface area (Å²) in [6, 6.07) is 4.66. The summed E-state index contributed by atoms with van der Waals surface area (Å²) in [6.07, 6.45) is 3.04. The van der Waals surface area contributed by atoms with E-state index in [1.807, 2.05) is 6.20 Å². The minimum Gasteiger partial charge on any atom is -0.364 e. The Kier molecular flexibility index (Phi) is 2.53. The van der Waals surface area contributed by atoms with E-state index in [-0.39, 0.29) is 0 Å². The minimum atomic E-state index is 0.449. The summed E-state index contributed by atoms with van der Waals surface area (Å²) in [5, 5.41) is 0. The molecule has 2 aromatic heterocycles. The highest BCUT2D eigenvalue weighted by atomic mass is 32.1. The summed E-state index contributed by atoms with van der Waals surface area (Å²) < 4.78 is 0. The van der Waals surface area contributed by atoms with Crippen LogP contribution in [0.4, 0.5) is 0 Å². The lowest BCUT2D eigenvalue weighted by atomic mass is 10.1. The molecule has 3 nitrogen and oxygen atoms in total. The van der Waals surface area contributed by atoms with Crippen LogP contribution in [0.25, 0.3) is 0 Å². The van der Waals surface area contributed by atoms with E-state index in [0.717, 1.165) is 19.5 Å². The number of fused-ring (bicyclic) bond motifs is 1. The van der Waals surface area contributed by atoms with Crippen LogP contribution in [0.3, 0.4) is 0 Å². The van der Waals surface area contributed by atoms with Crippen LogP contribution in [0, 0.1) is 5.51 Å². The molecule has 0 saturated heterocycles. The van der Waals surface area contributed by atoms with Crippen LogP contribution < -0.4 is 0 Å². The molecule has 1 atom stereocenters. The maximum absolute atomic E-state index is 4.27. The Morgan fingerprint density at radius 3 is 3.38 bits per heavy atom. The lowest BCUT2D eigenvalue weighted by molar-refractivity contribution is 0.190. The van der Waals surface area contributed by atoms with Crippen molar-refractivity contribution in [3.05, 3.63) is 40.1 Å². The first kappa shape index (κ1) is 10.1. The van der Waals surface area contributed by atoms with Crippen molar-refractivity contribution in [2.75, 3.05) is 6.54 Å². The molecule has 4 heteroatoms. The van der Waals surface area contributed by atoms with E-state index >= 15 is 0 Å². The van der Waals surface area contributed by atoms with Gasteiger partial charge in [0.15, 0.2) is 5.51 Å². The Labute approximate surface area is 99.1 Å². The number of rotatable bonds is 2. The monoisotopic (exact) mass is 232 g/mol. The molecule has 16 heavy (non-hydrogen) atoms. The molecule has 3 heterocycles. The first-order valence-electron chi connectivity index (χ1n) is 5.56. The van der Waals surface area contributed by atoms with Crippen molar-refractivity contribution in [3.63, 3.8) is 0 Å². The Balaban J connectivity index is 1.79. The van der Waals surface area contributed by atoms with Crippen LogP contribution in [0.15, 0.2) is 18.3 Å². The summed E-state index contributed by atoms with van der Waals surface area (Å²) in [6.45, 7) is 4.35. The van der Waals surface area contributed by atoms with Crippen molar-refractivity contribution < 1.29 is 0 Å². The van der Waals surface area contributed by atoms with E-state index < -0.39 is 0 Å². The number of hydrogen-bond donors (Lipinski definition) is 1. The van der Waals surface area contributed by atoms with E-state index in [0.29, 0.717) is 6.04 Å². The topological polar surface area (TPSA) is 31.9 Å². The molecule has 0 aromatic carbocycles. The van der Waals surface area contributed by atoms with Crippen LogP contribution >= 0.6 is 11.3 Å². The number of nitrogens with one attached hydrogen (secondary N) is 1. The summed E-state index contributed by atoms with van der Waals surface area (Å²) in [5.74, 6) is 0. The second-order valence-electron chi connectivity index (χ2n) is 4.20. The predicted octanol–water partition coefficient (Wildman–Crippen LogP) is 2.39. The second kappa shape index (κ2) is 4.03. The molecule has 0 spiro atoms. The molecular formula is C12H14N3S. The Hall–Kier alpha value is -1.13. The number of thiazole rings is 1. The van der Waals surface area contributed by atoms with Crippen LogP contribution in [-0.2, 0) is 13.0 Å². The predicted molar refractivity (Wildman–Crippen MR) is 64.3 cm³/mol. The number of aromatic amines is 1. The number of aromatic nitrogens is 2. The summed E-state index contributed by atoms with van der Waals surface area (Å²) in [4.78, 5) is 11.4. The second-order valence-corrected chi connectivity index (χ2v) is 5.08. The van der Waals surface area contributed by atoms with E-state index in [1.165, 1.54) is 16.3 Å². The fourth-order valence-electron chi connectivity index (χ4n) is 2.22. The third kappa shape index (κ3) is 1.68. The van der Waals surface area contributed by atoms with Gasteiger partial charge in [-0.05, 0) is 19.1 Å². The van der Waals surface area contributed by atoms with Gasteiger partial charge < -0.3 is 4.98 Å². The maximum Gasteiger partial charge on any atom is 0.152 e. The average molecular weight is 232 g/mol. The minimum absolute atomic E-state index is 0.449. The molecule has 0 saturated carbocycles. The van der Waals surface area contributed by atoms with Crippen molar-refractivity contribution in [3.8, 4) is 0 Å². The van der Waals surface area contributed by atoms with Gasteiger partial charge in [0.2, 0.25) is 0 Å². The smallest absolute Gasteiger partial charge is 0.152 e. The summed E-state index contributed by atoms with van der Waals surface area (Å²) in [7, 11) is 0. The molecule has 0 aliphatic carbocycles. The molecule has 1 radical (unpaired) electrons. The maximum atomic E-state index is 4.27. The molecule has 1 aliphatic rings. The van der Waals surface area contributed by atoms with Gasteiger partial charge in [-0.1, -0.05) is 0 Å². The first-order valence-corrected chi connectivity index (χ1v) is 6.38. The zero-order chi connectivity index (χ0) is 11.0. The Morgan fingerprint density at radius 2 is 2.56 bits per heavy atom. The summed E-state index contributed by atoms with van der Waals surface area (Å²) in [5.41, 5.74) is 5.53. The van der Waals surface area contributed by atoms with Gasteiger partial charge in [0.1, 0.15) is 0 Å². The zero-order valence-electron chi connectivity index (χ0n) is 9.23. The molecule has 1 unspecified atom stereocenters. The standard InChI is InChI=1S/C12H14N3S/c1-9(10-3-2-5-13-10)15-6-4-11-12(7-15)16-8-14-11/h2-3,5,9,13H,4,6-7H2,1H3. The van der Waals surface area contributed by atoms with Crippen LogP contribution in [0.5, 0.6) is 0 Å².